The van der Waals surface area contributed by atoms with Crippen LogP contribution in [0.1, 0.15) is 42.3 Å². The number of halogens is 1. The van der Waals surface area contributed by atoms with Crippen molar-refractivity contribution in [2.45, 2.75) is 39.4 Å². The minimum atomic E-state index is -0.455. The van der Waals surface area contributed by atoms with Gasteiger partial charge in [0, 0.05) is 41.9 Å². The second-order valence-electron chi connectivity index (χ2n) is 7.74. The van der Waals surface area contributed by atoms with Gasteiger partial charge in [-0.1, -0.05) is 6.07 Å². The van der Waals surface area contributed by atoms with Crippen molar-refractivity contribution in [2.75, 3.05) is 32.7 Å². The Hall–Kier alpha value is -1.35. The molecule has 1 aromatic rings. The standard InChI is InChI=1S/C19H25IN2O4/c1-19(2,3)26-18(24)22-8-6-21(7-9-22)5-4-13-10-14-12-25-17(23)15(14)11-16(13)20/h10-11H,4-9,12H2,1-3H3. The largest absolute Gasteiger partial charge is 0.457 e. The zero-order valence-corrected chi connectivity index (χ0v) is 17.7. The van der Waals surface area contributed by atoms with E-state index in [0.717, 1.165) is 35.2 Å². The molecule has 0 aromatic heterocycles. The summed E-state index contributed by atoms with van der Waals surface area (Å²) in [6, 6.07) is 4.03. The summed E-state index contributed by atoms with van der Waals surface area (Å²) in [5, 5.41) is 0. The SMILES string of the molecule is CC(C)(C)OC(=O)N1CCN(CCc2cc3c(cc2I)C(=O)OC3)CC1. The van der Waals surface area contributed by atoms with Gasteiger partial charge in [0.2, 0.25) is 0 Å². The van der Waals surface area contributed by atoms with Crippen LogP contribution in [0.5, 0.6) is 0 Å². The van der Waals surface area contributed by atoms with Gasteiger partial charge in [0.15, 0.2) is 0 Å². The maximum absolute atomic E-state index is 12.1. The van der Waals surface area contributed by atoms with Crippen molar-refractivity contribution in [1.29, 1.82) is 0 Å². The highest BCUT2D eigenvalue weighted by Crippen LogP contribution is 2.25. The molecule has 2 heterocycles. The minimum absolute atomic E-state index is 0.220. The number of benzene rings is 1. The average molecular weight is 472 g/mol. The van der Waals surface area contributed by atoms with Crippen LogP contribution < -0.4 is 0 Å². The zero-order valence-electron chi connectivity index (χ0n) is 15.5. The molecule has 26 heavy (non-hydrogen) atoms. The van der Waals surface area contributed by atoms with Crippen molar-refractivity contribution in [3.05, 3.63) is 32.4 Å². The van der Waals surface area contributed by atoms with E-state index in [2.05, 4.69) is 33.6 Å². The summed E-state index contributed by atoms with van der Waals surface area (Å²) in [5.74, 6) is -0.220. The van der Waals surface area contributed by atoms with Gasteiger partial charge in [-0.2, -0.15) is 0 Å². The van der Waals surface area contributed by atoms with Crippen LogP contribution in [0.25, 0.3) is 0 Å². The summed E-state index contributed by atoms with van der Waals surface area (Å²) < 4.78 is 11.6. The fourth-order valence-corrected chi connectivity index (χ4v) is 3.89. The van der Waals surface area contributed by atoms with Crippen LogP contribution in [0.4, 0.5) is 4.79 Å². The molecular weight excluding hydrogens is 447 g/mol. The van der Waals surface area contributed by atoms with Gasteiger partial charge in [-0.3, -0.25) is 4.90 Å². The molecule has 1 fully saturated rings. The first-order valence-corrected chi connectivity index (χ1v) is 9.99. The number of carbonyl (C=O) groups excluding carboxylic acids is 2. The first kappa shape index (κ1) is 19.4. The molecule has 1 aromatic carbocycles. The molecule has 2 aliphatic heterocycles. The molecule has 0 N–H and O–H groups in total. The predicted octanol–water partition coefficient (Wildman–Crippen LogP) is 3.06. The number of piperazine rings is 1. The molecule has 2 aliphatic rings. The Morgan fingerprint density at radius 2 is 1.92 bits per heavy atom. The highest BCUT2D eigenvalue weighted by Gasteiger charge is 2.26. The number of carbonyl (C=O) groups is 2. The smallest absolute Gasteiger partial charge is 0.410 e. The molecule has 0 spiro atoms. The van der Waals surface area contributed by atoms with E-state index in [1.807, 2.05) is 26.8 Å². The van der Waals surface area contributed by atoms with Crippen molar-refractivity contribution < 1.29 is 19.1 Å². The number of cyclic esters (lactones) is 1. The Morgan fingerprint density at radius 3 is 2.58 bits per heavy atom. The van der Waals surface area contributed by atoms with Crippen molar-refractivity contribution in [3.8, 4) is 0 Å². The van der Waals surface area contributed by atoms with Gasteiger partial charge in [-0.25, -0.2) is 9.59 Å². The number of rotatable bonds is 3. The molecule has 6 nitrogen and oxygen atoms in total. The topological polar surface area (TPSA) is 59.1 Å². The second kappa shape index (κ2) is 7.72. The van der Waals surface area contributed by atoms with E-state index >= 15 is 0 Å². The molecule has 142 valence electrons. The summed E-state index contributed by atoms with van der Waals surface area (Å²) in [5.41, 5.74) is 2.48. The van der Waals surface area contributed by atoms with Gasteiger partial charge in [-0.05, 0) is 61.4 Å². The number of hydrogen-bond donors (Lipinski definition) is 0. The fraction of sp³-hybridized carbons (Fsp3) is 0.579. The third kappa shape index (κ3) is 4.68. The Labute approximate surface area is 167 Å². The number of ether oxygens (including phenoxy) is 2. The number of esters is 1. The monoisotopic (exact) mass is 472 g/mol. The molecule has 0 unspecified atom stereocenters. The van der Waals surface area contributed by atoms with E-state index in [1.54, 1.807) is 4.90 Å². The summed E-state index contributed by atoms with van der Waals surface area (Å²) in [4.78, 5) is 27.9. The summed E-state index contributed by atoms with van der Waals surface area (Å²) in [7, 11) is 0. The molecular formula is C19H25IN2O4. The van der Waals surface area contributed by atoms with Gasteiger partial charge in [0.25, 0.3) is 0 Å². The number of fused-ring (bicyclic) bond motifs is 1. The van der Waals surface area contributed by atoms with Crippen molar-refractivity contribution in [1.82, 2.24) is 9.80 Å². The summed E-state index contributed by atoms with van der Waals surface area (Å²) >= 11 is 2.29. The Kier molecular flexibility index (Phi) is 5.76. The average Bonchev–Trinajstić information content (AvgIpc) is 2.92. The molecule has 0 saturated carbocycles. The molecule has 0 atom stereocenters. The van der Waals surface area contributed by atoms with Gasteiger partial charge in [-0.15, -0.1) is 0 Å². The van der Waals surface area contributed by atoms with Crippen LogP contribution in [-0.2, 0) is 22.5 Å². The van der Waals surface area contributed by atoms with Crippen LogP contribution in [0.3, 0.4) is 0 Å². The first-order chi connectivity index (χ1) is 12.2. The third-order valence-corrected chi connectivity index (χ3v) is 5.58. The van der Waals surface area contributed by atoms with Crippen LogP contribution in [0, 0.1) is 3.57 Å². The van der Waals surface area contributed by atoms with Crippen LogP contribution in [-0.4, -0.2) is 60.2 Å². The van der Waals surface area contributed by atoms with E-state index in [0.29, 0.717) is 25.3 Å². The molecule has 7 heteroatoms. The van der Waals surface area contributed by atoms with E-state index in [1.165, 1.54) is 5.56 Å². The lowest BCUT2D eigenvalue weighted by molar-refractivity contribution is 0.0146. The Morgan fingerprint density at radius 1 is 1.23 bits per heavy atom. The quantitative estimate of drug-likeness (QED) is 0.500. The predicted molar refractivity (Wildman–Crippen MR) is 106 cm³/mol. The van der Waals surface area contributed by atoms with Gasteiger partial charge in [0.05, 0.1) is 5.56 Å². The molecule has 0 radical (unpaired) electrons. The first-order valence-electron chi connectivity index (χ1n) is 8.91. The zero-order chi connectivity index (χ0) is 18.9. The summed E-state index contributed by atoms with van der Waals surface area (Å²) in [6.07, 6.45) is 0.696. The molecule has 0 bridgehead atoms. The van der Waals surface area contributed by atoms with E-state index in [4.69, 9.17) is 9.47 Å². The van der Waals surface area contributed by atoms with Crippen molar-refractivity contribution in [3.63, 3.8) is 0 Å². The van der Waals surface area contributed by atoms with E-state index < -0.39 is 5.60 Å². The Bertz CT molecular complexity index is 706. The van der Waals surface area contributed by atoms with Crippen molar-refractivity contribution >= 4 is 34.7 Å². The maximum atomic E-state index is 12.1. The van der Waals surface area contributed by atoms with E-state index in [9.17, 15) is 9.59 Å². The summed E-state index contributed by atoms with van der Waals surface area (Å²) in [6.45, 7) is 10.1. The number of hydrogen-bond acceptors (Lipinski definition) is 5. The lowest BCUT2D eigenvalue weighted by Crippen LogP contribution is -2.50. The van der Waals surface area contributed by atoms with Crippen LogP contribution in [0.2, 0.25) is 0 Å². The highest BCUT2D eigenvalue weighted by molar-refractivity contribution is 14.1. The third-order valence-electron chi connectivity index (χ3n) is 4.57. The molecule has 1 saturated heterocycles. The Balaban J connectivity index is 1.50. The normalized spacial score (nSPS) is 17.8. The van der Waals surface area contributed by atoms with Gasteiger partial charge in [0.1, 0.15) is 12.2 Å². The fourth-order valence-electron chi connectivity index (χ4n) is 3.15. The maximum Gasteiger partial charge on any atom is 0.410 e. The van der Waals surface area contributed by atoms with Gasteiger partial charge >= 0.3 is 12.1 Å². The van der Waals surface area contributed by atoms with Crippen LogP contribution in [0.15, 0.2) is 12.1 Å². The second-order valence-corrected chi connectivity index (χ2v) is 8.90. The number of nitrogens with zero attached hydrogens (tertiary/aromatic N) is 2. The van der Waals surface area contributed by atoms with Crippen LogP contribution >= 0.6 is 22.6 Å². The minimum Gasteiger partial charge on any atom is -0.457 e. The number of amides is 1. The van der Waals surface area contributed by atoms with E-state index in [-0.39, 0.29) is 12.1 Å². The van der Waals surface area contributed by atoms with Gasteiger partial charge < -0.3 is 14.4 Å². The highest BCUT2D eigenvalue weighted by atomic mass is 127. The molecule has 0 aliphatic carbocycles. The lowest BCUT2D eigenvalue weighted by atomic mass is 10.0. The van der Waals surface area contributed by atoms with Crippen molar-refractivity contribution in [2.24, 2.45) is 0 Å². The lowest BCUT2D eigenvalue weighted by Gasteiger charge is -2.35. The molecule has 3 rings (SSSR count). The molecule has 1 amide bonds.